The van der Waals surface area contributed by atoms with Crippen LogP contribution >= 0.6 is 0 Å². The number of hydrogen-bond acceptors (Lipinski definition) is 4. The molecule has 5 heteroatoms. The highest BCUT2D eigenvalue weighted by Crippen LogP contribution is 2.32. The van der Waals surface area contributed by atoms with Crippen LogP contribution in [-0.4, -0.2) is 66.0 Å². The summed E-state index contributed by atoms with van der Waals surface area (Å²) in [5.41, 5.74) is 0. The van der Waals surface area contributed by atoms with Crippen LogP contribution in [0.5, 0.6) is 0 Å². The Balaban J connectivity index is 1.62. The smallest absolute Gasteiger partial charge is 0.240 e. The summed E-state index contributed by atoms with van der Waals surface area (Å²) in [6, 6.07) is 0.173. The van der Waals surface area contributed by atoms with Crippen molar-refractivity contribution in [3.05, 3.63) is 0 Å². The van der Waals surface area contributed by atoms with Gasteiger partial charge in [0, 0.05) is 26.2 Å². The lowest BCUT2D eigenvalue weighted by atomic mass is 9.83. The number of fused-ring (bicyclic) bond motifs is 3. The van der Waals surface area contributed by atoms with E-state index in [0.717, 1.165) is 51.6 Å². The molecule has 0 aromatic carbocycles. The maximum Gasteiger partial charge on any atom is 0.240 e. The number of nitrogens with two attached hydrogens (primary N) is 1. The molecular formula is C12H22N4O. The minimum Gasteiger partial charge on any atom is -0.339 e. The summed E-state index contributed by atoms with van der Waals surface area (Å²) in [5.74, 6) is 6.87. The topological polar surface area (TPSA) is 52.8 Å². The second-order valence-corrected chi connectivity index (χ2v) is 5.59. The number of piperidine rings is 3. The van der Waals surface area contributed by atoms with Gasteiger partial charge in [0.05, 0.1) is 6.04 Å². The van der Waals surface area contributed by atoms with Crippen molar-refractivity contribution in [1.29, 1.82) is 0 Å². The summed E-state index contributed by atoms with van der Waals surface area (Å²) in [4.78, 5) is 16.9. The van der Waals surface area contributed by atoms with E-state index in [1.807, 2.05) is 4.90 Å². The third kappa shape index (κ3) is 2.19. The molecule has 0 aromatic rings. The van der Waals surface area contributed by atoms with Gasteiger partial charge < -0.3 is 4.90 Å². The third-order valence-electron chi connectivity index (χ3n) is 4.56. The summed E-state index contributed by atoms with van der Waals surface area (Å²) in [6.07, 6.45) is 3.67. The first-order chi connectivity index (χ1) is 8.24. The maximum atomic E-state index is 12.5. The first-order valence-corrected chi connectivity index (χ1v) is 6.76. The fraction of sp³-hybridized carbons (Fsp3) is 0.917. The molecule has 1 amide bonds. The van der Waals surface area contributed by atoms with E-state index in [1.54, 1.807) is 5.01 Å². The predicted molar refractivity (Wildman–Crippen MR) is 65.0 cm³/mol. The number of hydrogen-bond donors (Lipinski definition) is 1. The molecule has 5 nitrogen and oxygen atoms in total. The molecule has 96 valence electrons. The lowest BCUT2D eigenvalue weighted by molar-refractivity contribution is -0.143. The van der Waals surface area contributed by atoms with Crippen molar-refractivity contribution < 1.29 is 4.79 Å². The second-order valence-electron chi connectivity index (χ2n) is 5.59. The van der Waals surface area contributed by atoms with E-state index in [0.29, 0.717) is 5.91 Å². The number of nitrogens with zero attached hydrogens (tertiary/aromatic N) is 3. The predicted octanol–water partition coefficient (Wildman–Crippen LogP) is -0.511. The van der Waals surface area contributed by atoms with Gasteiger partial charge in [-0.05, 0) is 38.3 Å². The highest BCUT2D eigenvalue weighted by Gasteiger charge is 2.39. The number of rotatable bonds is 1. The molecule has 1 unspecified atom stereocenters. The Kier molecular flexibility index (Phi) is 3.06. The standard InChI is InChI=1S/C12H22N4O/c13-16-7-5-15(6-8-16)12(17)11-9-10-1-3-14(11)4-2-10/h10-11H,1-9,13H2. The summed E-state index contributed by atoms with van der Waals surface area (Å²) < 4.78 is 0. The third-order valence-corrected chi connectivity index (χ3v) is 4.56. The quantitative estimate of drug-likeness (QED) is 0.625. The fourth-order valence-electron chi connectivity index (χ4n) is 3.38. The van der Waals surface area contributed by atoms with Gasteiger partial charge in [0.25, 0.3) is 0 Å². The van der Waals surface area contributed by atoms with Crippen LogP contribution in [0.2, 0.25) is 0 Å². The van der Waals surface area contributed by atoms with E-state index >= 15 is 0 Å². The molecule has 2 N–H and O–H groups in total. The Bertz CT molecular complexity index is 293. The van der Waals surface area contributed by atoms with E-state index in [4.69, 9.17) is 5.84 Å². The number of piperazine rings is 1. The zero-order valence-corrected chi connectivity index (χ0v) is 10.3. The van der Waals surface area contributed by atoms with Crippen LogP contribution in [0.25, 0.3) is 0 Å². The van der Waals surface area contributed by atoms with E-state index in [2.05, 4.69) is 4.90 Å². The zero-order valence-electron chi connectivity index (χ0n) is 10.3. The van der Waals surface area contributed by atoms with E-state index in [1.165, 1.54) is 12.8 Å². The van der Waals surface area contributed by atoms with Crippen molar-refractivity contribution in [3.63, 3.8) is 0 Å². The molecule has 4 aliphatic rings. The van der Waals surface area contributed by atoms with E-state index in [-0.39, 0.29) is 6.04 Å². The molecule has 1 atom stereocenters. The average molecular weight is 238 g/mol. The Morgan fingerprint density at radius 2 is 1.65 bits per heavy atom. The van der Waals surface area contributed by atoms with Gasteiger partial charge >= 0.3 is 0 Å². The van der Waals surface area contributed by atoms with Crippen LogP contribution in [0.1, 0.15) is 19.3 Å². The Morgan fingerprint density at radius 3 is 2.18 bits per heavy atom. The van der Waals surface area contributed by atoms with Gasteiger partial charge in [0.2, 0.25) is 5.91 Å². The Hall–Kier alpha value is -0.650. The van der Waals surface area contributed by atoms with E-state index < -0.39 is 0 Å². The van der Waals surface area contributed by atoms with Crippen molar-refractivity contribution in [2.75, 3.05) is 39.3 Å². The van der Waals surface area contributed by atoms with Crippen molar-refractivity contribution in [3.8, 4) is 0 Å². The number of carbonyl (C=O) groups is 1. The van der Waals surface area contributed by atoms with Gasteiger partial charge in [-0.25, -0.2) is 5.01 Å². The number of hydrazine groups is 1. The van der Waals surface area contributed by atoms with Gasteiger partial charge in [0.15, 0.2) is 0 Å². The first kappa shape index (κ1) is 11.4. The lowest BCUT2D eigenvalue weighted by Gasteiger charge is -2.46. The summed E-state index contributed by atoms with van der Waals surface area (Å²) >= 11 is 0. The van der Waals surface area contributed by atoms with Gasteiger partial charge in [-0.15, -0.1) is 0 Å². The average Bonchev–Trinajstić information content (AvgIpc) is 2.40. The van der Waals surface area contributed by atoms with Crippen molar-refractivity contribution >= 4 is 5.91 Å². The molecule has 0 saturated carbocycles. The van der Waals surface area contributed by atoms with Crippen LogP contribution in [0, 0.1) is 5.92 Å². The molecule has 4 heterocycles. The Morgan fingerprint density at radius 1 is 1.00 bits per heavy atom. The monoisotopic (exact) mass is 238 g/mol. The van der Waals surface area contributed by atoms with Gasteiger partial charge in [0.1, 0.15) is 0 Å². The van der Waals surface area contributed by atoms with Crippen molar-refractivity contribution in [1.82, 2.24) is 14.8 Å². The van der Waals surface area contributed by atoms with Gasteiger partial charge in [-0.3, -0.25) is 15.5 Å². The van der Waals surface area contributed by atoms with Crippen LogP contribution < -0.4 is 5.84 Å². The largest absolute Gasteiger partial charge is 0.339 e. The number of amides is 1. The highest BCUT2D eigenvalue weighted by atomic mass is 16.2. The molecule has 0 aliphatic carbocycles. The molecule has 4 aliphatic heterocycles. The summed E-state index contributed by atoms with van der Waals surface area (Å²) in [6.45, 7) is 5.45. The molecule has 2 bridgehead atoms. The van der Waals surface area contributed by atoms with E-state index in [9.17, 15) is 4.79 Å². The van der Waals surface area contributed by atoms with Crippen LogP contribution in [0.4, 0.5) is 0 Å². The summed E-state index contributed by atoms with van der Waals surface area (Å²) in [5, 5.41) is 1.80. The second kappa shape index (κ2) is 4.55. The van der Waals surface area contributed by atoms with Crippen LogP contribution in [0.3, 0.4) is 0 Å². The SMILES string of the molecule is NN1CCN(C(=O)C2CC3CCN2CC3)CC1. The normalized spacial score (nSPS) is 38.4. The van der Waals surface area contributed by atoms with Crippen LogP contribution in [0.15, 0.2) is 0 Å². The fourth-order valence-corrected chi connectivity index (χ4v) is 3.38. The molecule has 4 fully saturated rings. The van der Waals surface area contributed by atoms with Gasteiger partial charge in [-0.1, -0.05) is 0 Å². The molecular weight excluding hydrogens is 216 g/mol. The minimum absolute atomic E-state index is 0.173. The molecule has 0 radical (unpaired) electrons. The number of carbonyl (C=O) groups excluding carboxylic acids is 1. The summed E-state index contributed by atoms with van der Waals surface area (Å²) in [7, 11) is 0. The molecule has 17 heavy (non-hydrogen) atoms. The lowest BCUT2D eigenvalue weighted by Crippen LogP contribution is -2.59. The van der Waals surface area contributed by atoms with Crippen molar-refractivity contribution in [2.24, 2.45) is 11.8 Å². The van der Waals surface area contributed by atoms with Gasteiger partial charge in [-0.2, -0.15) is 0 Å². The molecule has 0 spiro atoms. The molecule has 0 aromatic heterocycles. The minimum atomic E-state index is 0.173. The first-order valence-electron chi connectivity index (χ1n) is 6.76. The zero-order chi connectivity index (χ0) is 11.8. The maximum absolute atomic E-state index is 12.5. The molecule has 4 rings (SSSR count). The van der Waals surface area contributed by atoms with Crippen molar-refractivity contribution in [2.45, 2.75) is 25.3 Å². The van der Waals surface area contributed by atoms with Crippen LogP contribution in [-0.2, 0) is 4.79 Å². The highest BCUT2D eigenvalue weighted by molar-refractivity contribution is 5.82. The Labute approximate surface area is 102 Å². The molecule has 4 saturated heterocycles.